The van der Waals surface area contributed by atoms with E-state index in [4.69, 9.17) is 14.9 Å². The number of hydrogen-bond donors (Lipinski definition) is 3. The first kappa shape index (κ1) is 13.7. The number of ether oxygens (including phenoxy) is 1. The second kappa shape index (κ2) is 6.36. The smallest absolute Gasteiger partial charge is 0.152 e. The van der Waals surface area contributed by atoms with Crippen LogP contribution in [0.25, 0.3) is 0 Å². The number of aliphatic hydroxyl groups is 2. The Morgan fingerprint density at radius 3 is 2.41 bits per heavy atom. The summed E-state index contributed by atoms with van der Waals surface area (Å²) in [7, 11) is 0. The molecule has 4 nitrogen and oxygen atoms in total. The molecule has 0 saturated carbocycles. The average Bonchev–Trinajstić information content (AvgIpc) is 2.28. The second-order valence-electron chi connectivity index (χ2n) is 3.41. The summed E-state index contributed by atoms with van der Waals surface area (Å²) < 4.78 is 31.9. The molecule has 96 valence electrons. The molecule has 1 unspecified atom stereocenters. The van der Waals surface area contributed by atoms with Crippen LogP contribution in [-0.2, 0) is 0 Å². The SMILES string of the molecule is CCOc1cc(F)c(NCC(O)CO)c(F)c1. The minimum absolute atomic E-state index is 0.107. The summed E-state index contributed by atoms with van der Waals surface area (Å²) in [4.78, 5) is 0. The van der Waals surface area contributed by atoms with Crippen LogP contribution in [0.2, 0.25) is 0 Å². The predicted molar refractivity (Wildman–Crippen MR) is 59.1 cm³/mol. The lowest BCUT2D eigenvalue weighted by atomic mass is 10.2. The van der Waals surface area contributed by atoms with E-state index in [2.05, 4.69) is 5.32 Å². The van der Waals surface area contributed by atoms with Crippen molar-refractivity contribution < 1.29 is 23.7 Å². The van der Waals surface area contributed by atoms with Crippen molar-refractivity contribution in [3.63, 3.8) is 0 Å². The highest BCUT2D eigenvalue weighted by Gasteiger charge is 2.12. The average molecular weight is 247 g/mol. The van der Waals surface area contributed by atoms with E-state index in [-0.39, 0.29) is 18.0 Å². The predicted octanol–water partition coefficient (Wildman–Crippen LogP) is 1.13. The van der Waals surface area contributed by atoms with Gasteiger partial charge in [-0.25, -0.2) is 8.78 Å². The lowest BCUT2D eigenvalue weighted by Gasteiger charge is -2.13. The second-order valence-corrected chi connectivity index (χ2v) is 3.41. The maximum Gasteiger partial charge on any atom is 0.152 e. The first-order chi connectivity index (χ1) is 8.08. The van der Waals surface area contributed by atoms with Gasteiger partial charge in [0, 0.05) is 18.7 Å². The number of benzene rings is 1. The van der Waals surface area contributed by atoms with Crippen molar-refractivity contribution >= 4 is 5.69 Å². The zero-order chi connectivity index (χ0) is 12.8. The van der Waals surface area contributed by atoms with E-state index in [0.29, 0.717) is 6.61 Å². The first-order valence-corrected chi connectivity index (χ1v) is 5.23. The third kappa shape index (κ3) is 3.83. The normalized spacial score (nSPS) is 12.3. The van der Waals surface area contributed by atoms with Crippen molar-refractivity contribution in [2.45, 2.75) is 13.0 Å². The van der Waals surface area contributed by atoms with Crippen LogP contribution < -0.4 is 10.1 Å². The minimum atomic E-state index is -1.07. The van der Waals surface area contributed by atoms with Crippen molar-refractivity contribution in [1.29, 1.82) is 0 Å². The van der Waals surface area contributed by atoms with Crippen LogP contribution in [-0.4, -0.2) is 36.1 Å². The van der Waals surface area contributed by atoms with E-state index in [1.807, 2.05) is 0 Å². The quantitative estimate of drug-likeness (QED) is 0.705. The number of anilines is 1. The molecule has 6 heteroatoms. The number of rotatable bonds is 6. The Balaban J connectivity index is 2.78. The Kier molecular flexibility index (Phi) is 5.11. The molecule has 17 heavy (non-hydrogen) atoms. The largest absolute Gasteiger partial charge is 0.494 e. The van der Waals surface area contributed by atoms with Crippen LogP contribution in [0.3, 0.4) is 0 Å². The zero-order valence-electron chi connectivity index (χ0n) is 9.41. The van der Waals surface area contributed by atoms with Gasteiger partial charge in [0.15, 0.2) is 11.6 Å². The molecule has 0 fully saturated rings. The van der Waals surface area contributed by atoms with Crippen LogP contribution >= 0.6 is 0 Å². The molecule has 0 aromatic heterocycles. The van der Waals surface area contributed by atoms with Crippen LogP contribution in [0, 0.1) is 11.6 Å². The van der Waals surface area contributed by atoms with Gasteiger partial charge in [0.1, 0.15) is 11.4 Å². The van der Waals surface area contributed by atoms with Gasteiger partial charge in [0.05, 0.1) is 19.3 Å². The standard InChI is InChI=1S/C11H15F2NO3/c1-2-17-8-3-9(12)11(10(13)4-8)14-5-7(16)6-15/h3-4,7,14-16H,2,5-6H2,1H3. The van der Waals surface area contributed by atoms with Crippen LogP contribution in [0.15, 0.2) is 12.1 Å². The Morgan fingerprint density at radius 2 is 1.94 bits per heavy atom. The molecule has 1 atom stereocenters. The molecule has 1 aromatic rings. The molecule has 3 N–H and O–H groups in total. The topological polar surface area (TPSA) is 61.7 Å². The van der Waals surface area contributed by atoms with E-state index in [1.165, 1.54) is 0 Å². The summed E-state index contributed by atoms with van der Waals surface area (Å²) in [6, 6.07) is 2.11. The number of aliphatic hydroxyl groups excluding tert-OH is 2. The Hall–Kier alpha value is -1.40. The first-order valence-electron chi connectivity index (χ1n) is 5.23. The summed E-state index contributed by atoms with van der Waals surface area (Å²) >= 11 is 0. The van der Waals surface area contributed by atoms with E-state index < -0.39 is 24.3 Å². The Morgan fingerprint density at radius 1 is 1.35 bits per heavy atom. The van der Waals surface area contributed by atoms with Crippen molar-refractivity contribution in [3.05, 3.63) is 23.8 Å². The lowest BCUT2D eigenvalue weighted by Crippen LogP contribution is -2.23. The molecule has 0 heterocycles. The zero-order valence-corrected chi connectivity index (χ0v) is 9.41. The van der Waals surface area contributed by atoms with Crippen molar-refractivity contribution in [1.82, 2.24) is 0 Å². The highest BCUT2D eigenvalue weighted by molar-refractivity contribution is 5.49. The molecule has 0 spiro atoms. The van der Waals surface area contributed by atoms with E-state index in [1.54, 1.807) is 6.92 Å². The minimum Gasteiger partial charge on any atom is -0.494 e. The third-order valence-corrected chi connectivity index (χ3v) is 2.05. The molecule has 1 rings (SSSR count). The highest BCUT2D eigenvalue weighted by atomic mass is 19.1. The fraction of sp³-hybridized carbons (Fsp3) is 0.455. The van der Waals surface area contributed by atoms with Crippen LogP contribution in [0.1, 0.15) is 6.92 Å². The summed E-state index contributed by atoms with van der Waals surface area (Å²) in [5.74, 6) is -1.51. The Labute approximate surface area is 97.8 Å². The van der Waals surface area contributed by atoms with Crippen molar-refractivity contribution in [2.75, 3.05) is 25.1 Å². The molecule has 0 bridgehead atoms. The number of halogens is 2. The summed E-state index contributed by atoms with van der Waals surface area (Å²) in [5, 5.41) is 20.0. The summed E-state index contributed by atoms with van der Waals surface area (Å²) in [6.45, 7) is 1.40. The number of hydrogen-bond acceptors (Lipinski definition) is 4. The molecule has 0 amide bonds. The van der Waals surface area contributed by atoms with Gasteiger partial charge in [-0.2, -0.15) is 0 Å². The lowest BCUT2D eigenvalue weighted by molar-refractivity contribution is 0.105. The van der Waals surface area contributed by atoms with Gasteiger partial charge in [-0.15, -0.1) is 0 Å². The highest BCUT2D eigenvalue weighted by Crippen LogP contribution is 2.24. The van der Waals surface area contributed by atoms with Gasteiger partial charge in [-0.05, 0) is 6.92 Å². The van der Waals surface area contributed by atoms with Gasteiger partial charge < -0.3 is 20.3 Å². The van der Waals surface area contributed by atoms with E-state index >= 15 is 0 Å². The Bertz CT molecular complexity index is 351. The monoisotopic (exact) mass is 247 g/mol. The molecular weight excluding hydrogens is 232 g/mol. The fourth-order valence-corrected chi connectivity index (χ4v) is 1.25. The number of nitrogens with one attached hydrogen (secondary N) is 1. The van der Waals surface area contributed by atoms with Gasteiger partial charge in [-0.3, -0.25) is 0 Å². The van der Waals surface area contributed by atoms with Gasteiger partial charge in [0.2, 0.25) is 0 Å². The fourth-order valence-electron chi connectivity index (χ4n) is 1.25. The molecule has 0 aliphatic carbocycles. The van der Waals surface area contributed by atoms with Crippen molar-refractivity contribution in [3.8, 4) is 5.75 Å². The van der Waals surface area contributed by atoms with E-state index in [9.17, 15) is 8.78 Å². The summed E-state index contributed by atoms with van der Waals surface area (Å²) in [6.07, 6.45) is -1.07. The molecule has 0 saturated heterocycles. The molecule has 0 aliphatic rings. The van der Waals surface area contributed by atoms with Gasteiger partial charge in [0.25, 0.3) is 0 Å². The summed E-state index contributed by atoms with van der Waals surface area (Å²) in [5.41, 5.74) is -0.346. The molecular formula is C11H15F2NO3. The van der Waals surface area contributed by atoms with Crippen LogP contribution in [0.5, 0.6) is 5.75 Å². The van der Waals surface area contributed by atoms with Crippen LogP contribution in [0.4, 0.5) is 14.5 Å². The van der Waals surface area contributed by atoms with Gasteiger partial charge >= 0.3 is 0 Å². The maximum atomic E-state index is 13.5. The molecule has 0 aliphatic heterocycles. The third-order valence-electron chi connectivity index (χ3n) is 2.05. The van der Waals surface area contributed by atoms with Gasteiger partial charge in [-0.1, -0.05) is 0 Å². The molecule has 1 aromatic carbocycles. The molecule has 0 radical (unpaired) electrons. The van der Waals surface area contributed by atoms with E-state index in [0.717, 1.165) is 12.1 Å². The van der Waals surface area contributed by atoms with Crippen molar-refractivity contribution in [2.24, 2.45) is 0 Å². The maximum absolute atomic E-state index is 13.5.